The van der Waals surface area contributed by atoms with Crippen molar-refractivity contribution in [2.24, 2.45) is 10.2 Å². The van der Waals surface area contributed by atoms with Gasteiger partial charge >= 0.3 is 0 Å². The van der Waals surface area contributed by atoms with Crippen LogP contribution in [0.15, 0.2) is 64.8 Å². The minimum atomic E-state index is 0. The maximum atomic E-state index is 4.07. The van der Waals surface area contributed by atoms with Gasteiger partial charge in [-0.15, -0.1) is 0 Å². The van der Waals surface area contributed by atoms with Crippen molar-refractivity contribution >= 4 is 18.1 Å². The molecule has 0 N–H and O–H groups in total. The van der Waals surface area contributed by atoms with Gasteiger partial charge in [0.15, 0.2) is 0 Å². The fourth-order valence-electron chi connectivity index (χ4n) is 1.75. The van der Waals surface area contributed by atoms with Gasteiger partial charge in [0.1, 0.15) is 5.69 Å². The molecule has 0 atom stereocenters. The van der Waals surface area contributed by atoms with E-state index < -0.39 is 0 Å². The number of hydrogen-bond donors (Lipinski definition) is 0. The number of halogens is 1. The molecular weight excluding hydrogens is 373 g/mol. The molecule has 0 fully saturated rings. The summed E-state index contributed by atoms with van der Waals surface area (Å²) in [5, 5.41) is 8.12. The zero-order valence-corrected chi connectivity index (χ0v) is 14.7. The lowest BCUT2D eigenvalue weighted by atomic mass is 10.2. The number of nitrogens with zero attached hydrogens (tertiary/aromatic N) is 3. The van der Waals surface area contributed by atoms with Gasteiger partial charge in [-0.1, -0.05) is 30.3 Å². The third kappa shape index (κ3) is 5.77. The van der Waals surface area contributed by atoms with E-state index in [1.807, 2.05) is 30.3 Å². The van der Waals surface area contributed by atoms with E-state index in [2.05, 4.69) is 55.6 Å². The van der Waals surface area contributed by atoms with Gasteiger partial charge in [-0.2, -0.15) is 10.2 Å². The van der Waals surface area contributed by atoms with Crippen molar-refractivity contribution in [2.75, 3.05) is 21.1 Å². The Balaban J connectivity index is 0.00000220. The maximum Gasteiger partial charge on any atom is 0.132 e. The molecule has 0 bridgehead atoms. The van der Waals surface area contributed by atoms with Crippen LogP contribution < -0.4 is 28.5 Å². The first-order valence-corrected chi connectivity index (χ1v) is 6.59. The predicted octanol–water partition coefficient (Wildman–Crippen LogP) is 0.340. The lowest BCUT2D eigenvalue weighted by Gasteiger charge is -2.23. The highest BCUT2D eigenvalue weighted by molar-refractivity contribution is 5.82. The van der Waals surface area contributed by atoms with Crippen LogP contribution in [0.5, 0.6) is 0 Å². The fourth-order valence-corrected chi connectivity index (χ4v) is 1.75. The highest BCUT2D eigenvalue weighted by Crippen LogP contribution is 2.16. The number of quaternary nitrogens is 1. The summed E-state index contributed by atoms with van der Waals surface area (Å²) in [6.45, 7) is 0. The third-order valence-corrected chi connectivity index (χ3v) is 2.95. The largest absolute Gasteiger partial charge is 1.00 e. The van der Waals surface area contributed by atoms with Crippen molar-refractivity contribution in [3.8, 4) is 0 Å². The second kappa shape index (κ2) is 8.05. The summed E-state index contributed by atoms with van der Waals surface area (Å²) in [6.07, 6.45) is 3.51. The smallest absolute Gasteiger partial charge is 0.132 e. The maximum absolute atomic E-state index is 4.07. The lowest BCUT2D eigenvalue weighted by molar-refractivity contribution is -0.00000427. The van der Waals surface area contributed by atoms with E-state index in [9.17, 15) is 0 Å². The Kier molecular flexibility index (Phi) is 6.71. The summed E-state index contributed by atoms with van der Waals surface area (Å²) < 4.78 is 0.809. The Morgan fingerprint density at radius 2 is 1.19 bits per heavy atom. The molecule has 0 unspecified atom stereocenters. The van der Waals surface area contributed by atoms with Crippen molar-refractivity contribution in [2.45, 2.75) is 0 Å². The summed E-state index contributed by atoms with van der Waals surface area (Å²) in [7, 11) is 6.44. The molecule has 110 valence electrons. The van der Waals surface area contributed by atoms with Crippen molar-refractivity contribution < 1.29 is 24.0 Å². The van der Waals surface area contributed by atoms with Crippen LogP contribution in [0.2, 0.25) is 0 Å². The average Bonchev–Trinajstić information content (AvgIpc) is 2.44. The molecule has 0 saturated heterocycles. The van der Waals surface area contributed by atoms with Crippen molar-refractivity contribution in [1.82, 2.24) is 4.48 Å². The Hall–Kier alpha value is -1.53. The first-order chi connectivity index (χ1) is 9.55. The third-order valence-electron chi connectivity index (χ3n) is 2.95. The average molecular weight is 393 g/mol. The molecule has 0 saturated carbocycles. The molecule has 0 aromatic heterocycles. The first-order valence-electron chi connectivity index (χ1n) is 6.59. The normalized spacial score (nSPS) is 11.8. The van der Waals surface area contributed by atoms with Crippen LogP contribution in [-0.4, -0.2) is 33.6 Å². The molecule has 0 amide bonds. The van der Waals surface area contributed by atoms with E-state index in [1.165, 1.54) is 5.69 Å². The van der Waals surface area contributed by atoms with Crippen LogP contribution in [0.3, 0.4) is 0 Å². The molecular formula is C17H20IN3. The Morgan fingerprint density at radius 3 is 1.67 bits per heavy atom. The predicted molar refractivity (Wildman–Crippen MR) is 87.6 cm³/mol. The van der Waals surface area contributed by atoms with Crippen LogP contribution in [0.4, 0.5) is 5.69 Å². The Labute approximate surface area is 143 Å². The Bertz CT molecular complexity index is 596. The molecule has 0 aliphatic rings. The van der Waals surface area contributed by atoms with E-state index in [4.69, 9.17) is 0 Å². The van der Waals surface area contributed by atoms with Crippen LogP contribution in [0, 0.1) is 0 Å². The SMILES string of the molecule is C[N+](C)(C)c1ccc(/C=N/N=C/c2ccccc2)cc1.[I-]. The molecule has 2 aromatic carbocycles. The summed E-state index contributed by atoms with van der Waals surface area (Å²) in [4.78, 5) is 0. The van der Waals surface area contributed by atoms with E-state index in [-0.39, 0.29) is 24.0 Å². The number of benzene rings is 2. The highest BCUT2D eigenvalue weighted by atomic mass is 127. The molecule has 3 nitrogen and oxygen atoms in total. The summed E-state index contributed by atoms with van der Waals surface area (Å²) in [6, 6.07) is 18.3. The van der Waals surface area contributed by atoms with Crippen molar-refractivity contribution in [3.63, 3.8) is 0 Å². The molecule has 0 radical (unpaired) electrons. The molecule has 0 heterocycles. The van der Waals surface area contributed by atoms with Gasteiger partial charge in [-0.3, -0.25) is 4.48 Å². The second-order valence-corrected chi connectivity index (χ2v) is 5.50. The highest BCUT2D eigenvalue weighted by Gasteiger charge is 2.10. The fraction of sp³-hybridized carbons (Fsp3) is 0.176. The van der Waals surface area contributed by atoms with E-state index in [0.29, 0.717) is 0 Å². The second-order valence-electron chi connectivity index (χ2n) is 5.50. The molecule has 0 aliphatic carbocycles. The first kappa shape index (κ1) is 17.5. The minimum Gasteiger partial charge on any atom is -1.00 e. The zero-order chi connectivity index (χ0) is 14.4. The lowest BCUT2D eigenvalue weighted by Crippen LogP contribution is -3.00. The van der Waals surface area contributed by atoms with Crippen LogP contribution in [-0.2, 0) is 0 Å². The van der Waals surface area contributed by atoms with Crippen LogP contribution in [0.25, 0.3) is 0 Å². The molecule has 0 aliphatic heterocycles. The molecule has 21 heavy (non-hydrogen) atoms. The molecule has 4 heteroatoms. The van der Waals surface area contributed by atoms with Gasteiger partial charge < -0.3 is 24.0 Å². The quantitative estimate of drug-likeness (QED) is 0.310. The van der Waals surface area contributed by atoms with Gasteiger partial charge in [0.05, 0.1) is 33.6 Å². The van der Waals surface area contributed by atoms with E-state index >= 15 is 0 Å². The van der Waals surface area contributed by atoms with Crippen molar-refractivity contribution in [1.29, 1.82) is 0 Å². The molecule has 2 rings (SSSR count). The van der Waals surface area contributed by atoms with Gasteiger partial charge in [-0.05, 0) is 35.4 Å². The minimum absolute atomic E-state index is 0. The van der Waals surface area contributed by atoms with Gasteiger partial charge in [0, 0.05) is 0 Å². The number of rotatable bonds is 4. The summed E-state index contributed by atoms with van der Waals surface area (Å²) in [5.74, 6) is 0. The monoisotopic (exact) mass is 393 g/mol. The van der Waals surface area contributed by atoms with Gasteiger partial charge in [0.25, 0.3) is 0 Å². The standard InChI is InChI=1S/C17H20N3.HI/c1-20(2,3)17-11-9-16(10-12-17)14-19-18-13-15-7-5-4-6-8-15;/h4-14H,1-3H3;1H/q+1;/p-1/b18-13+,19-14+;. The molecule has 2 aromatic rings. The summed E-state index contributed by atoms with van der Waals surface area (Å²) >= 11 is 0. The van der Waals surface area contributed by atoms with Crippen LogP contribution >= 0.6 is 0 Å². The molecule has 0 spiro atoms. The topological polar surface area (TPSA) is 24.7 Å². The van der Waals surface area contributed by atoms with Gasteiger partial charge in [-0.25, -0.2) is 0 Å². The van der Waals surface area contributed by atoms with Crippen molar-refractivity contribution in [3.05, 3.63) is 65.7 Å². The van der Waals surface area contributed by atoms with E-state index in [0.717, 1.165) is 15.6 Å². The zero-order valence-electron chi connectivity index (χ0n) is 12.6. The van der Waals surface area contributed by atoms with E-state index in [1.54, 1.807) is 12.4 Å². The number of hydrogen-bond acceptors (Lipinski definition) is 2. The van der Waals surface area contributed by atoms with Gasteiger partial charge in [0.2, 0.25) is 0 Å². The van der Waals surface area contributed by atoms with Crippen LogP contribution in [0.1, 0.15) is 11.1 Å². The Morgan fingerprint density at radius 1 is 0.714 bits per heavy atom. The summed E-state index contributed by atoms with van der Waals surface area (Å²) in [5.41, 5.74) is 3.35.